The number of nitrogens with one attached hydrogen (secondary N) is 1. The molecule has 9 heteroatoms. The van der Waals surface area contributed by atoms with Crippen LogP contribution in [0.3, 0.4) is 0 Å². The van der Waals surface area contributed by atoms with Gasteiger partial charge >= 0.3 is 5.97 Å². The minimum atomic E-state index is -1.26. The second-order valence-corrected chi connectivity index (χ2v) is 7.90. The molecule has 1 aromatic heterocycles. The van der Waals surface area contributed by atoms with Crippen LogP contribution in [0.2, 0.25) is 0 Å². The monoisotopic (exact) mass is 395 g/mol. The van der Waals surface area contributed by atoms with Crippen molar-refractivity contribution in [3.8, 4) is 0 Å². The Labute approximate surface area is 161 Å². The van der Waals surface area contributed by atoms with Crippen LogP contribution in [0.4, 0.5) is 5.00 Å². The van der Waals surface area contributed by atoms with Gasteiger partial charge in [-0.2, -0.15) is 0 Å². The normalized spacial score (nSPS) is 19.6. The van der Waals surface area contributed by atoms with Gasteiger partial charge in [0.05, 0.1) is 11.7 Å². The third kappa shape index (κ3) is 4.65. The lowest BCUT2D eigenvalue weighted by Crippen LogP contribution is -2.42. The van der Waals surface area contributed by atoms with Crippen molar-refractivity contribution in [1.29, 1.82) is 0 Å². The quantitative estimate of drug-likeness (QED) is 0.694. The van der Waals surface area contributed by atoms with E-state index < -0.39 is 35.6 Å². The van der Waals surface area contributed by atoms with E-state index >= 15 is 0 Å². The molecule has 27 heavy (non-hydrogen) atoms. The summed E-state index contributed by atoms with van der Waals surface area (Å²) in [6.45, 7) is 4.94. The van der Waals surface area contributed by atoms with Crippen molar-refractivity contribution in [1.82, 2.24) is 0 Å². The molecule has 2 rings (SSSR count). The molecule has 0 aliphatic heterocycles. The number of carbonyl (C=O) groups is 4. The lowest BCUT2D eigenvalue weighted by molar-refractivity contribution is -0.313. The minimum Gasteiger partial charge on any atom is -0.550 e. The molecule has 3 N–H and O–H groups in total. The summed E-state index contributed by atoms with van der Waals surface area (Å²) in [6.07, 6.45) is 1.90. The zero-order valence-corrected chi connectivity index (χ0v) is 16.3. The largest absolute Gasteiger partial charge is 0.550 e. The van der Waals surface area contributed by atoms with Gasteiger partial charge in [-0.3, -0.25) is 9.59 Å². The van der Waals surface area contributed by atoms with Crippen LogP contribution in [0.5, 0.6) is 0 Å². The highest BCUT2D eigenvalue weighted by molar-refractivity contribution is 7.18. The molecule has 1 saturated carbocycles. The zero-order valence-electron chi connectivity index (χ0n) is 15.5. The molecule has 1 aromatic rings. The van der Waals surface area contributed by atoms with E-state index in [9.17, 15) is 24.3 Å². The number of anilines is 1. The van der Waals surface area contributed by atoms with Gasteiger partial charge in [-0.25, -0.2) is 4.79 Å². The molecule has 0 spiro atoms. The summed E-state index contributed by atoms with van der Waals surface area (Å²) in [6, 6.07) is 0. The molecule has 1 aliphatic rings. The number of aliphatic carboxylic acids is 1. The van der Waals surface area contributed by atoms with Gasteiger partial charge in [-0.05, 0) is 39.2 Å². The van der Waals surface area contributed by atoms with Crippen LogP contribution in [-0.4, -0.2) is 29.9 Å². The van der Waals surface area contributed by atoms with Crippen molar-refractivity contribution in [3.05, 3.63) is 16.0 Å². The second kappa shape index (κ2) is 8.51. The first kappa shape index (κ1) is 20.9. The van der Waals surface area contributed by atoms with E-state index in [-0.39, 0.29) is 21.5 Å². The highest BCUT2D eigenvalue weighted by Gasteiger charge is 2.33. The fourth-order valence-electron chi connectivity index (χ4n) is 3.29. The van der Waals surface area contributed by atoms with Crippen LogP contribution in [0.15, 0.2) is 0 Å². The number of primary amides is 1. The van der Waals surface area contributed by atoms with E-state index in [4.69, 9.17) is 10.5 Å². The van der Waals surface area contributed by atoms with E-state index in [1.807, 2.05) is 0 Å². The zero-order chi connectivity index (χ0) is 20.3. The molecule has 0 bridgehead atoms. The molecule has 1 heterocycles. The molecule has 1 aliphatic carbocycles. The summed E-state index contributed by atoms with van der Waals surface area (Å²) < 4.78 is 5.16. The number of hydrogen-bond donors (Lipinski definition) is 2. The number of amides is 2. The fraction of sp³-hybridized carbons (Fsp3) is 0.556. The first-order chi connectivity index (χ1) is 12.6. The third-order valence-corrected chi connectivity index (χ3v) is 5.75. The third-order valence-electron chi connectivity index (χ3n) is 4.56. The Kier molecular flexibility index (Phi) is 6.59. The first-order valence-corrected chi connectivity index (χ1v) is 9.61. The van der Waals surface area contributed by atoms with Gasteiger partial charge in [0.2, 0.25) is 5.91 Å². The predicted molar refractivity (Wildman–Crippen MR) is 97.2 cm³/mol. The molecule has 0 aromatic carbocycles. The average Bonchev–Trinajstić information content (AvgIpc) is 2.90. The van der Waals surface area contributed by atoms with Gasteiger partial charge in [-0.1, -0.05) is 12.8 Å². The average molecular weight is 395 g/mol. The molecule has 8 nitrogen and oxygen atoms in total. The Hall–Kier alpha value is -2.42. The number of thiophene rings is 1. The SMILES string of the molecule is Cc1c(C(=O)OC(C)C)sc(NC(=O)[C@@H]2CCCC[C@H]2C(=O)[O-])c1C(N)=O. The van der Waals surface area contributed by atoms with E-state index in [1.165, 1.54) is 0 Å². The molecule has 2 atom stereocenters. The van der Waals surface area contributed by atoms with Crippen LogP contribution in [0.25, 0.3) is 0 Å². The van der Waals surface area contributed by atoms with E-state index in [0.717, 1.165) is 24.2 Å². The maximum absolute atomic E-state index is 12.7. The molecular weight excluding hydrogens is 372 g/mol. The summed E-state index contributed by atoms with van der Waals surface area (Å²) in [5, 5.41) is 14.0. The summed E-state index contributed by atoms with van der Waals surface area (Å²) in [4.78, 5) is 48.2. The standard InChI is InChI=1S/C18H24N2O6S/c1-8(2)26-18(25)13-9(3)12(14(19)21)16(27-13)20-15(22)10-6-4-5-7-11(10)17(23)24/h8,10-11H,4-7H2,1-3H3,(H2,19,21)(H,20,22)(H,23,24)/p-1/t10-,11-/m1/s1. The molecular formula is C18H23N2O6S-. The van der Waals surface area contributed by atoms with Crippen molar-refractivity contribution in [3.63, 3.8) is 0 Å². The van der Waals surface area contributed by atoms with Gasteiger partial charge in [0, 0.05) is 17.8 Å². The van der Waals surface area contributed by atoms with Crippen LogP contribution in [0, 0.1) is 18.8 Å². The molecule has 2 amide bonds. The molecule has 0 radical (unpaired) electrons. The lowest BCUT2D eigenvalue weighted by Gasteiger charge is -2.31. The van der Waals surface area contributed by atoms with Gasteiger partial charge in [0.15, 0.2) is 0 Å². The van der Waals surface area contributed by atoms with Crippen molar-refractivity contribution >= 4 is 40.1 Å². The Morgan fingerprint density at radius 1 is 1.19 bits per heavy atom. The Morgan fingerprint density at radius 2 is 1.78 bits per heavy atom. The van der Waals surface area contributed by atoms with Crippen molar-refractivity contribution in [2.45, 2.75) is 52.6 Å². The molecule has 0 saturated heterocycles. The van der Waals surface area contributed by atoms with Crippen molar-refractivity contribution in [2.75, 3.05) is 5.32 Å². The number of carbonyl (C=O) groups excluding carboxylic acids is 4. The van der Waals surface area contributed by atoms with Crippen molar-refractivity contribution in [2.24, 2.45) is 17.6 Å². The Balaban J connectivity index is 2.31. The molecule has 0 unspecified atom stereocenters. The maximum Gasteiger partial charge on any atom is 0.348 e. The number of nitrogens with two attached hydrogens (primary N) is 1. The highest BCUT2D eigenvalue weighted by atomic mass is 32.1. The Bertz CT molecular complexity index is 770. The number of ether oxygens (including phenoxy) is 1. The van der Waals surface area contributed by atoms with Gasteiger partial charge in [0.1, 0.15) is 9.88 Å². The maximum atomic E-state index is 12.7. The van der Waals surface area contributed by atoms with Gasteiger partial charge < -0.3 is 25.7 Å². The van der Waals surface area contributed by atoms with Crippen LogP contribution in [0.1, 0.15) is 65.1 Å². The van der Waals surface area contributed by atoms with E-state index in [2.05, 4.69) is 5.32 Å². The Morgan fingerprint density at radius 3 is 2.30 bits per heavy atom. The molecule has 148 valence electrons. The number of rotatable bonds is 6. The molecule has 1 fully saturated rings. The first-order valence-electron chi connectivity index (χ1n) is 8.79. The number of hydrogen-bond acceptors (Lipinski definition) is 7. The van der Waals surface area contributed by atoms with Gasteiger partial charge in [-0.15, -0.1) is 11.3 Å². The van der Waals surface area contributed by atoms with Crippen molar-refractivity contribution < 1.29 is 29.0 Å². The van der Waals surface area contributed by atoms with Gasteiger partial charge in [0.25, 0.3) is 5.91 Å². The summed E-state index contributed by atoms with van der Waals surface area (Å²) >= 11 is 0.896. The van der Waals surface area contributed by atoms with Crippen LogP contribution < -0.4 is 16.2 Å². The number of esters is 1. The highest BCUT2D eigenvalue weighted by Crippen LogP contribution is 2.36. The summed E-state index contributed by atoms with van der Waals surface area (Å²) in [5.74, 6) is -4.80. The summed E-state index contributed by atoms with van der Waals surface area (Å²) in [7, 11) is 0. The van der Waals surface area contributed by atoms with Crippen LogP contribution >= 0.6 is 11.3 Å². The van der Waals surface area contributed by atoms with E-state index in [0.29, 0.717) is 18.4 Å². The van der Waals surface area contributed by atoms with Crippen LogP contribution in [-0.2, 0) is 14.3 Å². The number of carboxylic acids is 1. The lowest BCUT2D eigenvalue weighted by atomic mass is 9.79. The fourth-order valence-corrected chi connectivity index (χ4v) is 4.39. The predicted octanol–water partition coefficient (Wildman–Crippen LogP) is 1.22. The summed E-state index contributed by atoms with van der Waals surface area (Å²) in [5.41, 5.74) is 5.78. The number of carboxylic acid groups (broad SMARTS) is 1. The van der Waals surface area contributed by atoms with E-state index in [1.54, 1.807) is 20.8 Å². The minimum absolute atomic E-state index is 0.0323. The smallest absolute Gasteiger partial charge is 0.348 e. The topological polar surface area (TPSA) is 139 Å². The second-order valence-electron chi connectivity index (χ2n) is 6.88.